The van der Waals surface area contributed by atoms with Gasteiger partial charge in [0.2, 0.25) is 5.88 Å². The minimum Gasteiger partial charge on any atom is -0.474 e. The number of carbonyl (C=O) groups is 1. The molecule has 6 heteroatoms. The van der Waals surface area contributed by atoms with Gasteiger partial charge in [-0.05, 0) is 61.6 Å². The Morgan fingerprint density at radius 3 is 2.39 bits per heavy atom. The zero-order chi connectivity index (χ0) is 26.7. The number of likely N-dealkylation sites (tertiary alicyclic amines) is 1. The second-order valence-electron chi connectivity index (χ2n) is 10.8. The summed E-state index contributed by atoms with van der Waals surface area (Å²) in [7, 11) is 0. The van der Waals surface area contributed by atoms with Gasteiger partial charge in [-0.3, -0.25) is 4.79 Å². The Hall–Kier alpha value is -4.11. The first kappa shape index (κ1) is 25.5. The molecule has 2 N–H and O–H groups in total. The van der Waals surface area contributed by atoms with Crippen LogP contribution in [0, 0.1) is 22.7 Å². The Morgan fingerprint density at radius 2 is 1.82 bits per heavy atom. The first-order valence-corrected chi connectivity index (χ1v) is 13.3. The summed E-state index contributed by atoms with van der Waals surface area (Å²) in [5.41, 5.74) is 11.1. The molecule has 38 heavy (non-hydrogen) atoms. The largest absolute Gasteiger partial charge is 0.474 e. The molecule has 5 rings (SSSR count). The Bertz CT molecular complexity index is 1330. The summed E-state index contributed by atoms with van der Waals surface area (Å²) in [6.45, 7) is 7.19. The van der Waals surface area contributed by atoms with Gasteiger partial charge in [0.25, 0.3) is 5.91 Å². The third-order valence-electron chi connectivity index (χ3n) is 7.59. The molecule has 0 atom stereocenters. The second-order valence-corrected chi connectivity index (χ2v) is 10.8. The van der Waals surface area contributed by atoms with Gasteiger partial charge in [-0.25, -0.2) is 4.99 Å². The molecule has 2 aromatic carbocycles. The molecule has 0 aromatic heterocycles. The summed E-state index contributed by atoms with van der Waals surface area (Å²) in [6, 6.07) is 20.7. The van der Waals surface area contributed by atoms with Crippen molar-refractivity contribution in [1.29, 1.82) is 5.26 Å². The number of amides is 1. The van der Waals surface area contributed by atoms with Crippen molar-refractivity contribution in [3.63, 3.8) is 0 Å². The number of nitrogens with zero attached hydrogens (tertiary/aromatic N) is 3. The average Bonchev–Trinajstić information content (AvgIpc) is 3.68. The van der Waals surface area contributed by atoms with Crippen LogP contribution in [0.25, 0.3) is 5.57 Å². The van der Waals surface area contributed by atoms with Crippen LogP contribution >= 0.6 is 0 Å². The molecule has 3 fully saturated rings. The van der Waals surface area contributed by atoms with E-state index in [4.69, 9.17) is 10.5 Å². The van der Waals surface area contributed by atoms with Crippen molar-refractivity contribution in [2.75, 3.05) is 13.1 Å². The number of nitrogens with two attached hydrogens (primary N) is 1. The molecule has 2 aromatic rings. The fourth-order valence-electron chi connectivity index (χ4n) is 5.48. The third kappa shape index (κ3) is 5.57. The maximum absolute atomic E-state index is 12.7. The van der Waals surface area contributed by atoms with E-state index in [1.165, 1.54) is 11.1 Å². The van der Waals surface area contributed by atoms with Crippen molar-refractivity contribution in [1.82, 2.24) is 4.90 Å². The molecule has 2 saturated carbocycles. The predicted molar refractivity (Wildman–Crippen MR) is 150 cm³/mol. The van der Waals surface area contributed by atoms with Crippen LogP contribution in [0.3, 0.4) is 0 Å². The van der Waals surface area contributed by atoms with E-state index in [0.717, 1.165) is 37.7 Å². The van der Waals surface area contributed by atoms with Gasteiger partial charge >= 0.3 is 0 Å². The number of nitriles is 1. The molecule has 1 saturated heterocycles. The van der Waals surface area contributed by atoms with Crippen LogP contribution < -0.4 is 5.73 Å². The first-order valence-electron chi connectivity index (χ1n) is 13.3. The van der Waals surface area contributed by atoms with E-state index in [2.05, 4.69) is 54.0 Å². The highest BCUT2D eigenvalue weighted by Gasteiger charge is 2.55. The topological polar surface area (TPSA) is 91.7 Å². The van der Waals surface area contributed by atoms with Crippen LogP contribution in [-0.2, 0) is 16.0 Å². The van der Waals surface area contributed by atoms with Crippen molar-refractivity contribution < 1.29 is 9.53 Å². The SMILES string of the molecule is C=C(N)/C(=C(\N=C/C)OC1CC2(C1)CN(C(=O)/C(C#N)=C/C1CC1)C2)c1ccc(Cc2ccccc2)cc1. The number of allylic oxidation sites excluding steroid dienone is 2. The Labute approximate surface area is 224 Å². The highest BCUT2D eigenvalue weighted by atomic mass is 16.5. The molecule has 2 aliphatic carbocycles. The Balaban J connectivity index is 1.23. The van der Waals surface area contributed by atoms with Gasteiger partial charge in [-0.15, -0.1) is 0 Å². The second kappa shape index (κ2) is 10.7. The summed E-state index contributed by atoms with van der Waals surface area (Å²) >= 11 is 0. The number of hydrogen-bond acceptors (Lipinski definition) is 5. The molecule has 0 unspecified atom stereocenters. The summed E-state index contributed by atoms with van der Waals surface area (Å²) in [4.78, 5) is 19.0. The van der Waals surface area contributed by atoms with E-state index >= 15 is 0 Å². The van der Waals surface area contributed by atoms with Gasteiger partial charge in [0, 0.05) is 30.4 Å². The molecule has 1 aliphatic heterocycles. The predicted octanol–water partition coefficient (Wildman–Crippen LogP) is 5.38. The van der Waals surface area contributed by atoms with Gasteiger partial charge in [0.05, 0.1) is 5.57 Å². The highest BCUT2D eigenvalue weighted by molar-refractivity contribution is 5.98. The number of carbonyl (C=O) groups excluding carboxylic acids is 1. The molecule has 0 radical (unpaired) electrons. The zero-order valence-corrected chi connectivity index (χ0v) is 21.9. The van der Waals surface area contributed by atoms with E-state index in [0.29, 0.717) is 36.2 Å². The van der Waals surface area contributed by atoms with E-state index in [-0.39, 0.29) is 23.0 Å². The fourth-order valence-corrected chi connectivity index (χ4v) is 5.48. The molecular formula is C32H34N4O2. The lowest BCUT2D eigenvalue weighted by atomic mass is 9.61. The van der Waals surface area contributed by atoms with Crippen LogP contribution in [0.2, 0.25) is 0 Å². The number of ether oxygens (including phenoxy) is 1. The molecule has 1 amide bonds. The molecule has 6 nitrogen and oxygen atoms in total. The van der Waals surface area contributed by atoms with Crippen LogP contribution in [0.1, 0.15) is 49.3 Å². The lowest BCUT2D eigenvalue weighted by molar-refractivity contribution is -0.161. The molecule has 1 spiro atoms. The van der Waals surface area contributed by atoms with Crippen molar-refractivity contribution in [3.8, 4) is 6.07 Å². The zero-order valence-electron chi connectivity index (χ0n) is 21.9. The van der Waals surface area contributed by atoms with Gasteiger partial charge in [0.1, 0.15) is 17.7 Å². The third-order valence-corrected chi connectivity index (χ3v) is 7.59. The van der Waals surface area contributed by atoms with Gasteiger partial charge in [0.15, 0.2) is 0 Å². The summed E-state index contributed by atoms with van der Waals surface area (Å²) in [5.74, 6) is 0.742. The Kier molecular flexibility index (Phi) is 7.20. The number of benzene rings is 2. The lowest BCUT2D eigenvalue weighted by Gasteiger charge is -2.58. The van der Waals surface area contributed by atoms with E-state index < -0.39 is 0 Å². The highest BCUT2D eigenvalue weighted by Crippen LogP contribution is 2.51. The lowest BCUT2D eigenvalue weighted by Crippen LogP contribution is -2.65. The molecular weight excluding hydrogens is 472 g/mol. The smallest absolute Gasteiger partial charge is 0.264 e. The van der Waals surface area contributed by atoms with E-state index in [1.807, 2.05) is 31.2 Å². The monoisotopic (exact) mass is 506 g/mol. The molecule has 1 heterocycles. The summed E-state index contributed by atoms with van der Waals surface area (Å²) in [5, 5.41) is 9.39. The van der Waals surface area contributed by atoms with Crippen LogP contribution in [-0.4, -0.2) is 36.2 Å². The minimum atomic E-state index is -0.136. The molecule has 0 bridgehead atoms. The number of rotatable bonds is 9. The minimum absolute atomic E-state index is 0.00454. The Morgan fingerprint density at radius 1 is 1.16 bits per heavy atom. The first-order chi connectivity index (χ1) is 18.4. The van der Waals surface area contributed by atoms with Crippen molar-refractivity contribution in [2.45, 2.75) is 45.1 Å². The molecule has 194 valence electrons. The maximum atomic E-state index is 12.7. The van der Waals surface area contributed by atoms with Crippen LogP contribution in [0.4, 0.5) is 0 Å². The number of aliphatic imine (C=N–C) groups is 1. The van der Waals surface area contributed by atoms with Gasteiger partial charge < -0.3 is 15.4 Å². The van der Waals surface area contributed by atoms with Gasteiger partial charge in [-0.2, -0.15) is 5.26 Å². The van der Waals surface area contributed by atoms with Crippen molar-refractivity contribution >= 4 is 17.7 Å². The standard InChI is InChI=1S/C32H34N4O2/c1-3-35-30(29(22(2)34)26-13-11-24(12-14-26)15-23-7-5-4-6-8-23)38-28-17-32(18-28)20-36(21-32)31(37)27(19-33)16-25-9-10-25/h3-8,11-14,16,25,28H,2,9-10,15,17-18,20-21,34H2,1H3/b27-16+,30-29-,35-3-. The van der Waals surface area contributed by atoms with Crippen LogP contribution in [0.15, 0.2) is 89.4 Å². The quantitative estimate of drug-likeness (QED) is 0.163. The van der Waals surface area contributed by atoms with Crippen LogP contribution in [0.5, 0.6) is 0 Å². The van der Waals surface area contributed by atoms with Crippen molar-refractivity contribution in [2.24, 2.45) is 22.1 Å². The van der Waals surface area contributed by atoms with E-state index in [9.17, 15) is 10.1 Å². The fraction of sp³-hybridized carbons (Fsp3) is 0.344. The van der Waals surface area contributed by atoms with Crippen molar-refractivity contribution in [3.05, 3.63) is 101 Å². The molecule has 3 aliphatic rings. The van der Waals surface area contributed by atoms with Gasteiger partial charge in [-0.1, -0.05) is 67.3 Å². The van der Waals surface area contributed by atoms with E-state index in [1.54, 1.807) is 11.1 Å². The summed E-state index contributed by atoms with van der Waals surface area (Å²) < 4.78 is 6.36. The number of hydrogen-bond donors (Lipinski definition) is 1. The summed E-state index contributed by atoms with van der Waals surface area (Å²) in [6.07, 6.45) is 8.23. The normalized spacial score (nSPS) is 19.4. The average molecular weight is 507 g/mol. The maximum Gasteiger partial charge on any atom is 0.264 e.